The van der Waals surface area contributed by atoms with E-state index >= 15 is 0 Å². The Hall–Kier alpha value is -3.12. The number of benzene rings is 2. The fourth-order valence-electron chi connectivity index (χ4n) is 4.31. The number of imide groups is 1. The molecule has 174 valence electrons. The summed E-state index contributed by atoms with van der Waals surface area (Å²) in [6.07, 6.45) is 3.78. The smallest absolute Gasteiger partial charge is 0.278 e. The molecule has 0 atom stereocenters. The molecular weight excluding hydrogens is 414 g/mol. The highest BCUT2D eigenvalue weighted by atomic mass is 16.5. The minimum absolute atomic E-state index is 0.0401. The first-order chi connectivity index (χ1) is 15.9. The van der Waals surface area contributed by atoms with E-state index in [0.717, 1.165) is 29.9 Å². The van der Waals surface area contributed by atoms with Crippen molar-refractivity contribution in [3.63, 3.8) is 0 Å². The van der Waals surface area contributed by atoms with Gasteiger partial charge in [-0.3, -0.25) is 14.5 Å². The van der Waals surface area contributed by atoms with Gasteiger partial charge in [0.2, 0.25) is 0 Å². The molecule has 0 unspecified atom stereocenters. The number of piperidine rings is 1. The zero-order chi connectivity index (χ0) is 23.4. The number of rotatable bonds is 8. The average molecular weight is 448 g/mol. The van der Waals surface area contributed by atoms with Crippen molar-refractivity contribution >= 4 is 28.8 Å². The number of carbonyl (C=O) groups is 2. The van der Waals surface area contributed by atoms with Crippen molar-refractivity contribution in [3.8, 4) is 0 Å². The van der Waals surface area contributed by atoms with Gasteiger partial charge >= 0.3 is 0 Å². The molecular formula is C27H33N3O3. The molecule has 0 bridgehead atoms. The summed E-state index contributed by atoms with van der Waals surface area (Å²) < 4.78 is 5.59. The topological polar surface area (TPSA) is 61.9 Å². The van der Waals surface area contributed by atoms with Crippen LogP contribution in [-0.4, -0.2) is 49.1 Å². The maximum absolute atomic E-state index is 13.3. The molecule has 6 nitrogen and oxygen atoms in total. The largest absolute Gasteiger partial charge is 0.377 e. The van der Waals surface area contributed by atoms with E-state index in [0.29, 0.717) is 17.9 Å². The fourth-order valence-corrected chi connectivity index (χ4v) is 4.31. The Kier molecular flexibility index (Phi) is 7.14. The number of nitrogens with one attached hydrogen (secondary N) is 1. The first kappa shape index (κ1) is 23.1. The molecule has 1 fully saturated rings. The first-order valence-electron chi connectivity index (χ1n) is 11.8. The van der Waals surface area contributed by atoms with Gasteiger partial charge in [0.05, 0.1) is 24.8 Å². The number of anilines is 2. The minimum atomic E-state index is -0.317. The summed E-state index contributed by atoms with van der Waals surface area (Å²) in [5.41, 5.74) is 4.54. The van der Waals surface area contributed by atoms with Crippen molar-refractivity contribution in [2.75, 3.05) is 36.5 Å². The van der Waals surface area contributed by atoms with E-state index in [-0.39, 0.29) is 24.5 Å². The Morgan fingerprint density at radius 1 is 0.909 bits per heavy atom. The van der Waals surface area contributed by atoms with Crippen LogP contribution in [0.5, 0.6) is 0 Å². The van der Waals surface area contributed by atoms with Gasteiger partial charge in [-0.1, -0.05) is 29.8 Å². The number of hydrogen-bond acceptors (Lipinski definition) is 5. The quantitative estimate of drug-likeness (QED) is 0.599. The van der Waals surface area contributed by atoms with E-state index in [2.05, 4.69) is 22.3 Å². The van der Waals surface area contributed by atoms with Crippen LogP contribution < -0.4 is 10.2 Å². The Morgan fingerprint density at radius 3 is 2.21 bits per heavy atom. The van der Waals surface area contributed by atoms with Crippen LogP contribution in [0.25, 0.3) is 5.57 Å². The van der Waals surface area contributed by atoms with Crippen LogP contribution in [-0.2, 0) is 14.3 Å². The minimum Gasteiger partial charge on any atom is -0.377 e. The molecule has 2 amide bonds. The van der Waals surface area contributed by atoms with Gasteiger partial charge in [0.1, 0.15) is 5.70 Å². The van der Waals surface area contributed by atoms with E-state index in [1.54, 1.807) is 0 Å². The molecule has 0 saturated carbocycles. The van der Waals surface area contributed by atoms with Crippen molar-refractivity contribution in [1.82, 2.24) is 4.90 Å². The highest BCUT2D eigenvalue weighted by Gasteiger charge is 2.39. The lowest BCUT2D eigenvalue weighted by Crippen LogP contribution is -2.35. The fraction of sp³-hybridized carbons (Fsp3) is 0.407. The number of nitrogens with zero attached hydrogens (tertiary/aromatic N) is 2. The number of ether oxygens (including phenoxy) is 1. The van der Waals surface area contributed by atoms with E-state index in [1.165, 1.54) is 29.8 Å². The summed E-state index contributed by atoms with van der Waals surface area (Å²) in [4.78, 5) is 30.2. The van der Waals surface area contributed by atoms with E-state index in [9.17, 15) is 9.59 Å². The lowest BCUT2D eigenvalue weighted by molar-refractivity contribution is -0.137. The summed E-state index contributed by atoms with van der Waals surface area (Å²) in [5.74, 6) is -0.605. The summed E-state index contributed by atoms with van der Waals surface area (Å²) in [7, 11) is 0. The standard InChI is InChI=1S/C27H33N3O3/c1-19(2)33-18-17-30-26(31)24(21-9-7-20(3)8-10-21)25(27(30)32)28-22-11-13-23(14-12-22)29-15-5-4-6-16-29/h7-14,19,28H,4-6,15-18H2,1-3H3. The Morgan fingerprint density at radius 2 is 1.58 bits per heavy atom. The van der Waals surface area contributed by atoms with Gasteiger partial charge in [-0.25, -0.2) is 0 Å². The van der Waals surface area contributed by atoms with Crippen molar-refractivity contribution in [2.45, 2.75) is 46.1 Å². The predicted molar refractivity (Wildman–Crippen MR) is 132 cm³/mol. The Labute approximate surface area is 196 Å². The molecule has 2 aliphatic rings. The molecule has 0 spiro atoms. The first-order valence-corrected chi connectivity index (χ1v) is 11.8. The van der Waals surface area contributed by atoms with Crippen LogP contribution in [0.1, 0.15) is 44.2 Å². The van der Waals surface area contributed by atoms with Crippen LogP contribution >= 0.6 is 0 Å². The zero-order valence-electron chi connectivity index (χ0n) is 19.8. The number of carbonyl (C=O) groups excluding carboxylic acids is 2. The van der Waals surface area contributed by atoms with Crippen molar-refractivity contribution < 1.29 is 14.3 Å². The lowest BCUT2D eigenvalue weighted by Gasteiger charge is -2.28. The van der Waals surface area contributed by atoms with Crippen molar-refractivity contribution in [3.05, 3.63) is 65.4 Å². The zero-order valence-corrected chi connectivity index (χ0v) is 19.8. The second kappa shape index (κ2) is 10.2. The van der Waals surface area contributed by atoms with Gasteiger partial charge in [0, 0.05) is 24.5 Å². The van der Waals surface area contributed by atoms with Crippen LogP contribution in [0, 0.1) is 6.92 Å². The average Bonchev–Trinajstić information content (AvgIpc) is 3.05. The van der Waals surface area contributed by atoms with Crippen LogP contribution in [0.15, 0.2) is 54.2 Å². The molecule has 1 N–H and O–H groups in total. The number of amides is 2. The Balaban J connectivity index is 1.59. The number of aryl methyl sites for hydroxylation is 1. The second-order valence-electron chi connectivity index (χ2n) is 9.02. The summed E-state index contributed by atoms with van der Waals surface area (Å²) >= 11 is 0. The van der Waals surface area contributed by atoms with E-state index in [4.69, 9.17) is 4.74 Å². The van der Waals surface area contributed by atoms with E-state index in [1.807, 2.05) is 57.2 Å². The van der Waals surface area contributed by atoms with Gasteiger partial charge in [-0.2, -0.15) is 0 Å². The van der Waals surface area contributed by atoms with Gasteiger partial charge < -0.3 is 15.0 Å². The normalized spacial score (nSPS) is 16.8. The molecule has 33 heavy (non-hydrogen) atoms. The third kappa shape index (κ3) is 5.28. The van der Waals surface area contributed by atoms with Gasteiger partial charge in [-0.15, -0.1) is 0 Å². The maximum atomic E-state index is 13.3. The summed E-state index contributed by atoms with van der Waals surface area (Å²) in [6, 6.07) is 15.8. The Bertz CT molecular complexity index is 1020. The third-order valence-corrected chi connectivity index (χ3v) is 6.13. The molecule has 0 radical (unpaired) electrons. The summed E-state index contributed by atoms with van der Waals surface area (Å²) in [6.45, 7) is 8.57. The van der Waals surface area contributed by atoms with Crippen molar-refractivity contribution in [1.29, 1.82) is 0 Å². The SMILES string of the molecule is Cc1ccc(C2=C(Nc3ccc(N4CCCCC4)cc3)C(=O)N(CCOC(C)C)C2=O)cc1. The van der Waals surface area contributed by atoms with Crippen LogP contribution in [0.2, 0.25) is 0 Å². The van der Waals surface area contributed by atoms with Gasteiger partial charge in [0.15, 0.2) is 0 Å². The van der Waals surface area contributed by atoms with Gasteiger partial charge in [-0.05, 0) is 69.9 Å². The molecule has 0 aromatic heterocycles. The van der Waals surface area contributed by atoms with E-state index < -0.39 is 0 Å². The van der Waals surface area contributed by atoms with Crippen LogP contribution in [0.3, 0.4) is 0 Å². The van der Waals surface area contributed by atoms with Crippen molar-refractivity contribution in [2.24, 2.45) is 0 Å². The van der Waals surface area contributed by atoms with Crippen LogP contribution in [0.4, 0.5) is 11.4 Å². The summed E-state index contributed by atoms with van der Waals surface area (Å²) in [5, 5.41) is 3.25. The van der Waals surface area contributed by atoms with Gasteiger partial charge in [0.25, 0.3) is 11.8 Å². The number of hydrogen-bond donors (Lipinski definition) is 1. The second-order valence-corrected chi connectivity index (χ2v) is 9.02. The molecule has 2 aromatic carbocycles. The highest BCUT2D eigenvalue weighted by Crippen LogP contribution is 2.31. The molecule has 4 rings (SSSR count). The molecule has 2 aliphatic heterocycles. The third-order valence-electron chi connectivity index (χ3n) is 6.13. The molecule has 1 saturated heterocycles. The lowest BCUT2D eigenvalue weighted by atomic mass is 10.0. The molecule has 2 heterocycles. The predicted octanol–water partition coefficient (Wildman–Crippen LogP) is 4.60. The molecule has 6 heteroatoms. The molecule has 2 aromatic rings. The highest BCUT2D eigenvalue weighted by molar-refractivity contribution is 6.36. The molecule has 0 aliphatic carbocycles. The monoisotopic (exact) mass is 447 g/mol. The maximum Gasteiger partial charge on any atom is 0.278 e.